The summed E-state index contributed by atoms with van der Waals surface area (Å²) in [5.41, 5.74) is 0. The molecule has 2 rings (SSSR count). The van der Waals surface area contributed by atoms with E-state index < -0.39 is 30.5 Å². The van der Waals surface area contributed by atoms with Crippen LogP contribution in [0.1, 0.15) is 20.8 Å². The summed E-state index contributed by atoms with van der Waals surface area (Å²) in [6.07, 6.45) is -3.19. The van der Waals surface area contributed by atoms with Crippen molar-refractivity contribution in [1.29, 1.82) is 0 Å². The van der Waals surface area contributed by atoms with Crippen molar-refractivity contribution < 1.29 is 23.4 Å². The van der Waals surface area contributed by atoms with Gasteiger partial charge in [-0.1, -0.05) is 11.8 Å². The molecule has 0 aromatic carbocycles. The summed E-state index contributed by atoms with van der Waals surface area (Å²) >= 11 is 1.06. The molecule has 4 atom stereocenters. The van der Waals surface area contributed by atoms with Crippen LogP contribution >= 0.6 is 11.8 Å². The van der Waals surface area contributed by atoms with Crippen LogP contribution in [0, 0.1) is 0 Å². The van der Waals surface area contributed by atoms with Gasteiger partial charge in [0.15, 0.2) is 23.4 Å². The second-order valence-electron chi connectivity index (χ2n) is 4.39. The minimum Gasteiger partial charge on any atom is -0.342 e. The largest absolute Gasteiger partial charge is 0.342 e. The number of thioether (sulfide) groups is 1. The van der Waals surface area contributed by atoms with Gasteiger partial charge in [-0.25, -0.2) is 4.39 Å². The molecule has 0 spiro atoms. The molecule has 6 heteroatoms. The van der Waals surface area contributed by atoms with Gasteiger partial charge in [-0.15, -0.1) is 0 Å². The van der Waals surface area contributed by atoms with Crippen LogP contribution in [0.25, 0.3) is 0 Å². The molecule has 2 aliphatic rings. The van der Waals surface area contributed by atoms with Crippen molar-refractivity contribution in [2.75, 3.05) is 5.75 Å². The van der Waals surface area contributed by atoms with Crippen molar-refractivity contribution in [1.82, 2.24) is 0 Å². The van der Waals surface area contributed by atoms with Crippen LogP contribution in [0.3, 0.4) is 0 Å². The van der Waals surface area contributed by atoms with Crippen LogP contribution in [0.15, 0.2) is 0 Å². The van der Waals surface area contributed by atoms with Crippen molar-refractivity contribution >= 4 is 16.9 Å². The van der Waals surface area contributed by atoms with Crippen LogP contribution in [0.5, 0.6) is 0 Å². The molecule has 2 aliphatic heterocycles. The molecule has 16 heavy (non-hydrogen) atoms. The van der Waals surface area contributed by atoms with Gasteiger partial charge < -0.3 is 14.2 Å². The van der Waals surface area contributed by atoms with Gasteiger partial charge in [0.25, 0.3) is 0 Å². The van der Waals surface area contributed by atoms with E-state index in [2.05, 4.69) is 0 Å². The standard InChI is InChI=1S/C10H15FO4S/c1-5(12)16-4-6-7(11)8-9(13-6)15-10(2,3)14-8/h6-9H,4H2,1-3H3/t6-,7+,8-,9-/m1/s1. The van der Waals surface area contributed by atoms with Gasteiger partial charge in [0.2, 0.25) is 0 Å². The van der Waals surface area contributed by atoms with Crippen LogP contribution in [0.4, 0.5) is 4.39 Å². The Morgan fingerprint density at radius 2 is 2.12 bits per heavy atom. The zero-order chi connectivity index (χ0) is 11.9. The van der Waals surface area contributed by atoms with E-state index in [0.29, 0.717) is 5.75 Å². The number of carbonyl (C=O) groups is 1. The summed E-state index contributed by atoms with van der Waals surface area (Å²) in [4.78, 5) is 10.8. The SMILES string of the molecule is CC(=O)SC[C@H]1O[C@@H]2OC(C)(C)O[C@@H]2[C@H]1F. The highest BCUT2D eigenvalue weighted by molar-refractivity contribution is 8.13. The molecule has 0 bridgehead atoms. The van der Waals surface area contributed by atoms with E-state index in [-0.39, 0.29) is 5.12 Å². The Morgan fingerprint density at radius 3 is 2.69 bits per heavy atom. The maximum Gasteiger partial charge on any atom is 0.190 e. The molecule has 0 aromatic heterocycles. The second kappa shape index (κ2) is 4.25. The van der Waals surface area contributed by atoms with Gasteiger partial charge in [0.05, 0.1) is 0 Å². The molecule has 0 amide bonds. The monoisotopic (exact) mass is 250 g/mol. The lowest BCUT2D eigenvalue weighted by atomic mass is 10.2. The third-order valence-electron chi connectivity index (χ3n) is 2.52. The van der Waals surface area contributed by atoms with Crippen LogP contribution in [-0.2, 0) is 19.0 Å². The number of carbonyl (C=O) groups excluding carboxylic acids is 1. The fourth-order valence-corrected chi connectivity index (χ4v) is 2.53. The first kappa shape index (κ1) is 12.3. The maximum atomic E-state index is 13.9. The Hall–Kier alpha value is -0.170. The number of alkyl halides is 1. The van der Waals surface area contributed by atoms with Gasteiger partial charge in [0.1, 0.15) is 12.2 Å². The topological polar surface area (TPSA) is 44.8 Å². The lowest BCUT2D eigenvalue weighted by Gasteiger charge is -2.21. The van der Waals surface area contributed by atoms with E-state index in [9.17, 15) is 9.18 Å². The summed E-state index contributed by atoms with van der Waals surface area (Å²) in [7, 11) is 0. The van der Waals surface area contributed by atoms with Gasteiger partial charge >= 0.3 is 0 Å². The van der Waals surface area contributed by atoms with Crippen molar-refractivity contribution in [3.63, 3.8) is 0 Å². The summed E-state index contributed by atoms with van der Waals surface area (Å²) in [6.45, 7) is 4.89. The zero-order valence-corrected chi connectivity index (χ0v) is 10.3. The van der Waals surface area contributed by atoms with Crippen LogP contribution in [-0.4, -0.2) is 41.3 Å². The quantitative estimate of drug-likeness (QED) is 0.742. The van der Waals surface area contributed by atoms with E-state index in [1.54, 1.807) is 13.8 Å². The Morgan fingerprint density at radius 1 is 1.44 bits per heavy atom. The van der Waals surface area contributed by atoms with Gasteiger partial charge in [-0.3, -0.25) is 4.79 Å². The van der Waals surface area contributed by atoms with Gasteiger partial charge in [-0.2, -0.15) is 0 Å². The molecule has 0 radical (unpaired) electrons. The molecule has 2 fully saturated rings. The number of ether oxygens (including phenoxy) is 3. The highest BCUT2D eigenvalue weighted by Crippen LogP contribution is 2.39. The smallest absolute Gasteiger partial charge is 0.190 e. The molecule has 4 nitrogen and oxygen atoms in total. The fourth-order valence-electron chi connectivity index (χ4n) is 1.87. The molecule has 0 saturated carbocycles. The maximum absolute atomic E-state index is 13.9. The summed E-state index contributed by atoms with van der Waals surface area (Å²) in [5, 5.41) is -0.0463. The predicted octanol–water partition coefficient (Wildman–Crippen LogP) is 1.48. The minimum absolute atomic E-state index is 0.0463. The van der Waals surface area contributed by atoms with E-state index in [4.69, 9.17) is 14.2 Å². The third-order valence-corrected chi connectivity index (χ3v) is 3.42. The Kier molecular flexibility index (Phi) is 3.27. The lowest BCUT2D eigenvalue weighted by molar-refractivity contribution is -0.208. The minimum atomic E-state index is -1.24. The highest BCUT2D eigenvalue weighted by Gasteiger charge is 2.55. The van der Waals surface area contributed by atoms with Crippen LogP contribution in [0.2, 0.25) is 0 Å². The molecular weight excluding hydrogens is 235 g/mol. The molecule has 92 valence electrons. The first-order valence-corrected chi connectivity index (χ1v) is 6.16. The van der Waals surface area contributed by atoms with Gasteiger partial charge in [-0.05, 0) is 13.8 Å². The van der Waals surface area contributed by atoms with E-state index >= 15 is 0 Å². The third kappa shape index (κ3) is 2.40. The Bertz CT molecular complexity index is 297. The predicted molar refractivity (Wildman–Crippen MR) is 56.7 cm³/mol. The molecule has 0 N–H and O–H groups in total. The van der Waals surface area contributed by atoms with Crippen molar-refractivity contribution in [2.24, 2.45) is 0 Å². The number of hydrogen-bond donors (Lipinski definition) is 0. The van der Waals surface area contributed by atoms with Crippen molar-refractivity contribution in [3.8, 4) is 0 Å². The molecule has 2 heterocycles. The average molecular weight is 250 g/mol. The first-order chi connectivity index (χ1) is 7.39. The summed E-state index contributed by atoms with van der Waals surface area (Å²) in [5.74, 6) is -0.491. The second-order valence-corrected chi connectivity index (χ2v) is 5.59. The summed E-state index contributed by atoms with van der Waals surface area (Å²) in [6, 6.07) is 0. The van der Waals surface area contributed by atoms with Crippen molar-refractivity contribution in [2.45, 2.75) is 51.2 Å². The molecule has 0 aliphatic carbocycles. The summed E-state index contributed by atoms with van der Waals surface area (Å²) < 4.78 is 30.1. The van der Waals surface area contributed by atoms with E-state index in [1.165, 1.54) is 6.92 Å². The Balaban J connectivity index is 1.92. The molecule has 2 saturated heterocycles. The zero-order valence-electron chi connectivity index (χ0n) is 9.44. The van der Waals surface area contributed by atoms with E-state index in [1.807, 2.05) is 0 Å². The highest BCUT2D eigenvalue weighted by atomic mass is 32.2. The Labute approximate surface area is 97.8 Å². The number of fused-ring (bicyclic) bond motifs is 1. The normalized spacial score (nSPS) is 41.0. The van der Waals surface area contributed by atoms with Crippen molar-refractivity contribution in [3.05, 3.63) is 0 Å². The lowest BCUT2D eigenvalue weighted by Crippen LogP contribution is -2.32. The van der Waals surface area contributed by atoms with Crippen LogP contribution < -0.4 is 0 Å². The number of rotatable bonds is 2. The molecule has 0 aromatic rings. The molecular formula is C10H15FO4S. The number of halogens is 1. The first-order valence-electron chi connectivity index (χ1n) is 5.17. The van der Waals surface area contributed by atoms with E-state index in [0.717, 1.165) is 11.8 Å². The molecule has 0 unspecified atom stereocenters. The fraction of sp³-hybridized carbons (Fsp3) is 0.900. The van der Waals surface area contributed by atoms with Gasteiger partial charge in [0, 0.05) is 12.7 Å². The number of hydrogen-bond acceptors (Lipinski definition) is 5. The average Bonchev–Trinajstić information content (AvgIpc) is 2.58.